The van der Waals surface area contributed by atoms with Gasteiger partial charge >= 0.3 is 11.9 Å². The van der Waals surface area contributed by atoms with Gasteiger partial charge in [0.1, 0.15) is 5.78 Å². The molecule has 1 saturated carbocycles. The Morgan fingerprint density at radius 3 is 2.48 bits per heavy atom. The van der Waals surface area contributed by atoms with Crippen molar-refractivity contribution < 1.29 is 28.6 Å². The molecule has 0 bridgehead atoms. The van der Waals surface area contributed by atoms with Gasteiger partial charge in [-0.2, -0.15) is 0 Å². The van der Waals surface area contributed by atoms with Crippen molar-refractivity contribution in [3.63, 3.8) is 0 Å². The van der Waals surface area contributed by atoms with Crippen molar-refractivity contribution in [3.05, 3.63) is 35.9 Å². The highest BCUT2D eigenvalue weighted by molar-refractivity contribution is 5.83. The van der Waals surface area contributed by atoms with Gasteiger partial charge in [-0.05, 0) is 30.2 Å². The summed E-state index contributed by atoms with van der Waals surface area (Å²) in [5.74, 6) is -1.49. The summed E-state index contributed by atoms with van der Waals surface area (Å²) in [6, 6.07) is 9.93. The highest BCUT2D eigenvalue weighted by Gasteiger charge is 2.55. The van der Waals surface area contributed by atoms with Crippen LogP contribution in [0.1, 0.15) is 51.5 Å². The zero-order chi connectivity index (χ0) is 19.4. The van der Waals surface area contributed by atoms with E-state index in [1.54, 1.807) is 0 Å². The van der Waals surface area contributed by atoms with Crippen molar-refractivity contribution in [2.24, 2.45) is 11.3 Å². The number of hydrogen-bond donors (Lipinski definition) is 0. The number of carbonyl (C=O) groups excluding carboxylic acids is 3. The second-order valence-corrected chi connectivity index (χ2v) is 7.53. The van der Waals surface area contributed by atoms with Crippen molar-refractivity contribution in [1.82, 2.24) is 0 Å². The van der Waals surface area contributed by atoms with E-state index in [0.717, 1.165) is 24.8 Å². The molecule has 0 unspecified atom stereocenters. The van der Waals surface area contributed by atoms with Crippen molar-refractivity contribution in [3.8, 4) is 0 Å². The van der Waals surface area contributed by atoms with Crippen LogP contribution in [0.4, 0.5) is 0 Å². The zero-order valence-electron chi connectivity index (χ0n) is 15.8. The summed E-state index contributed by atoms with van der Waals surface area (Å²) in [7, 11) is 0. The highest BCUT2D eigenvalue weighted by Crippen LogP contribution is 2.50. The molecule has 146 valence electrons. The van der Waals surface area contributed by atoms with Gasteiger partial charge < -0.3 is 14.2 Å². The maximum absolute atomic E-state index is 13.0. The lowest BCUT2D eigenvalue weighted by Crippen LogP contribution is -2.54. The Morgan fingerprint density at radius 1 is 1.11 bits per heavy atom. The van der Waals surface area contributed by atoms with E-state index in [4.69, 9.17) is 14.2 Å². The van der Waals surface area contributed by atoms with Crippen molar-refractivity contribution in [2.45, 2.75) is 65.0 Å². The Labute approximate surface area is 159 Å². The van der Waals surface area contributed by atoms with Gasteiger partial charge in [0.15, 0.2) is 0 Å². The number of fused-ring (bicyclic) bond motifs is 1. The third-order valence-corrected chi connectivity index (χ3v) is 5.46. The average Bonchev–Trinajstić information content (AvgIpc) is 2.73. The topological polar surface area (TPSA) is 78.9 Å². The van der Waals surface area contributed by atoms with Crippen molar-refractivity contribution >= 4 is 17.7 Å². The Kier molecular flexibility index (Phi) is 5.95. The maximum Gasteiger partial charge on any atom is 0.304 e. The van der Waals surface area contributed by atoms with Gasteiger partial charge in [-0.1, -0.05) is 36.8 Å². The number of ketones is 1. The molecular formula is C21H26O6. The van der Waals surface area contributed by atoms with E-state index in [0.29, 0.717) is 19.3 Å². The third-order valence-electron chi connectivity index (χ3n) is 5.46. The highest BCUT2D eigenvalue weighted by atomic mass is 16.8. The first-order valence-electron chi connectivity index (χ1n) is 9.46. The maximum atomic E-state index is 13.0. The normalized spacial score (nSPS) is 30.7. The molecule has 0 radical (unpaired) electrons. The summed E-state index contributed by atoms with van der Waals surface area (Å²) < 4.78 is 16.5. The minimum Gasteiger partial charge on any atom is -0.436 e. The number of benzene rings is 1. The average molecular weight is 374 g/mol. The summed E-state index contributed by atoms with van der Waals surface area (Å²) in [6.45, 7) is 2.61. The quantitative estimate of drug-likeness (QED) is 0.753. The van der Waals surface area contributed by atoms with Crippen LogP contribution in [-0.2, 0) is 35.0 Å². The van der Waals surface area contributed by atoms with Crippen LogP contribution < -0.4 is 0 Å². The first-order chi connectivity index (χ1) is 12.9. The van der Waals surface area contributed by atoms with Crippen LogP contribution in [-0.4, -0.2) is 30.3 Å². The minimum absolute atomic E-state index is 0.0518. The number of rotatable bonds is 4. The largest absolute Gasteiger partial charge is 0.436 e. The van der Waals surface area contributed by atoms with E-state index in [9.17, 15) is 14.4 Å². The molecule has 2 aliphatic rings. The summed E-state index contributed by atoms with van der Waals surface area (Å²) in [6.07, 6.45) is 2.12. The molecule has 27 heavy (non-hydrogen) atoms. The molecule has 1 aromatic rings. The molecule has 6 heteroatoms. The predicted molar refractivity (Wildman–Crippen MR) is 96.4 cm³/mol. The number of ether oxygens (including phenoxy) is 3. The molecule has 0 amide bonds. The fraction of sp³-hybridized carbons (Fsp3) is 0.571. The number of Topliss-reactive ketones (excluding diaryl/α,β-unsaturated/α-hetero) is 1. The molecule has 3 rings (SSSR count). The summed E-state index contributed by atoms with van der Waals surface area (Å²) in [4.78, 5) is 36.2. The fourth-order valence-corrected chi connectivity index (χ4v) is 4.49. The number of esters is 2. The zero-order valence-corrected chi connectivity index (χ0v) is 15.8. The number of carbonyl (C=O) groups is 3. The lowest BCUT2D eigenvalue weighted by molar-refractivity contribution is -0.293. The molecule has 0 aromatic heterocycles. The van der Waals surface area contributed by atoms with E-state index in [1.165, 1.54) is 13.8 Å². The van der Waals surface area contributed by atoms with E-state index in [-0.39, 0.29) is 5.78 Å². The smallest absolute Gasteiger partial charge is 0.304 e. The lowest BCUT2D eigenvalue weighted by atomic mass is 9.64. The van der Waals surface area contributed by atoms with Crippen LogP contribution in [0.5, 0.6) is 0 Å². The summed E-state index contributed by atoms with van der Waals surface area (Å²) >= 11 is 0. The molecule has 4 atom stereocenters. The van der Waals surface area contributed by atoms with Gasteiger partial charge in [0, 0.05) is 26.7 Å². The van der Waals surface area contributed by atoms with Crippen LogP contribution in [0.25, 0.3) is 0 Å². The van der Waals surface area contributed by atoms with Crippen molar-refractivity contribution in [2.75, 3.05) is 0 Å². The summed E-state index contributed by atoms with van der Waals surface area (Å²) in [5, 5.41) is 0. The Balaban J connectivity index is 2.00. The third kappa shape index (κ3) is 4.56. The Morgan fingerprint density at radius 2 is 1.81 bits per heavy atom. The molecular weight excluding hydrogens is 348 g/mol. The minimum atomic E-state index is -1.03. The summed E-state index contributed by atoms with van der Waals surface area (Å²) in [5.41, 5.74) is 0.621. The lowest BCUT2D eigenvalue weighted by Gasteiger charge is -2.48. The van der Waals surface area contributed by atoms with Crippen LogP contribution in [0.15, 0.2) is 30.3 Å². The SMILES string of the molecule is CC(=O)O[C@H]1C[C@]2(Cc3ccccc3)CCCCC(=O)[C@@H]2[C@H](OC(C)=O)O1. The van der Waals surface area contributed by atoms with E-state index < -0.39 is 35.9 Å². The van der Waals surface area contributed by atoms with E-state index in [1.807, 2.05) is 30.3 Å². The second-order valence-electron chi connectivity index (χ2n) is 7.53. The van der Waals surface area contributed by atoms with Crippen LogP contribution in [0.2, 0.25) is 0 Å². The molecule has 1 aliphatic heterocycles. The molecule has 1 saturated heterocycles. The first-order valence-corrected chi connectivity index (χ1v) is 9.46. The predicted octanol–water partition coefficient (Wildman–Crippen LogP) is 3.17. The van der Waals surface area contributed by atoms with Gasteiger partial charge in [-0.3, -0.25) is 14.4 Å². The standard InChI is InChI=1S/C21H26O6/c1-14(22)25-18-13-21(12-16-8-4-3-5-9-16)11-7-6-10-17(24)19(21)20(27-18)26-15(2)23/h3-5,8-9,18-20H,6-7,10-13H2,1-2H3/t18-,19-,20-,21-/m1/s1. The van der Waals surface area contributed by atoms with Gasteiger partial charge in [0.25, 0.3) is 0 Å². The van der Waals surface area contributed by atoms with Crippen LogP contribution in [0, 0.1) is 11.3 Å². The van der Waals surface area contributed by atoms with Gasteiger partial charge in [-0.25, -0.2) is 0 Å². The van der Waals surface area contributed by atoms with Crippen molar-refractivity contribution in [1.29, 1.82) is 0 Å². The molecule has 1 aromatic carbocycles. The molecule has 1 aliphatic carbocycles. The number of hydrogen-bond acceptors (Lipinski definition) is 6. The monoisotopic (exact) mass is 374 g/mol. The van der Waals surface area contributed by atoms with E-state index in [2.05, 4.69) is 0 Å². The Bertz CT molecular complexity index is 700. The van der Waals surface area contributed by atoms with Gasteiger partial charge in [0.2, 0.25) is 12.6 Å². The van der Waals surface area contributed by atoms with Gasteiger partial charge in [0.05, 0.1) is 5.92 Å². The fourth-order valence-electron chi connectivity index (χ4n) is 4.49. The molecule has 2 fully saturated rings. The Hall–Kier alpha value is -2.21. The first kappa shape index (κ1) is 19.5. The molecule has 0 N–H and O–H groups in total. The van der Waals surface area contributed by atoms with Crippen LogP contribution >= 0.6 is 0 Å². The molecule has 1 heterocycles. The second kappa shape index (κ2) is 8.21. The van der Waals surface area contributed by atoms with E-state index >= 15 is 0 Å². The molecule has 0 spiro atoms. The molecule has 6 nitrogen and oxygen atoms in total. The van der Waals surface area contributed by atoms with Gasteiger partial charge in [-0.15, -0.1) is 0 Å². The van der Waals surface area contributed by atoms with Crippen LogP contribution in [0.3, 0.4) is 0 Å².